The van der Waals surface area contributed by atoms with E-state index in [4.69, 9.17) is 9.90 Å². The molecule has 1 saturated heterocycles. The second kappa shape index (κ2) is 13.2. The molecule has 0 aliphatic carbocycles. The molecule has 2 aliphatic heterocycles. The van der Waals surface area contributed by atoms with Gasteiger partial charge < -0.3 is 10.0 Å². The number of likely N-dealkylation sites (tertiary alicyclic amines) is 1. The molecule has 3 aromatic carbocycles. The van der Waals surface area contributed by atoms with Gasteiger partial charge in [0.15, 0.2) is 0 Å². The van der Waals surface area contributed by atoms with E-state index in [1.165, 1.54) is 29.5 Å². The lowest BCUT2D eigenvalue weighted by molar-refractivity contribution is -0.192. The number of benzene rings is 3. The lowest BCUT2D eigenvalue weighted by Crippen LogP contribution is -2.33. The number of carboxylic acids is 1. The van der Waals surface area contributed by atoms with Crippen molar-refractivity contribution in [1.82, 2.24) is 14.5 Å². The average molecular weight is 590 g/mol. The molecule has 0 amide bonds. The maximum atomic E-state index is 12.8. The number of nitrogens with one attached hydrogen (secondary N) is 1. The van der Waals surface area contributed by atoms with Crippen LogP contribution in [0.4, 0.5) is 13.2 Å². The Morgan fingerprint density at radius 3 is 2.00 bits per heavy atom. The zero-order valence-corrected chi connectivity index (χ0v) is 23.6. The normalized spacial score (nSPS) is 15.8. The number of nitrogens with zero attached hydrogens (tertiary/aromatic N) is 2. The average Bonchev–Trinajstić information content (AvgIpc) is 3.58. The molecular formula is C30H34F3N3O4S. The second-order valence-electron chi connectivity index (χ2n) is 10.3. The molecule has 2 heterocycles. The van der Waals surface area contributed by atoms with Crippen LogP contribution in [-0.4, -0.2) is 61.6 Å². The minimum Gasteiger partial charge on any atom is -0.475 e. The number of carbonyl (C=O) groups is 1. The van der Waals surface area contributed by atoms with Gasteiger partial charge in [-0.25, -0.2) is 17.9 Å². The van der Waals surface area contributed by atoms with Crippen LogP contribution in [0.15, 0.2) is 71.6 Å². The predicted molar refractivity (Wildman–Crippen MR) is 151 cm³/mol. The number of aryl methyl sites for hydroxylation is 1. The molecule has 220 valence electrons. The van der Waals surface area contributed by atoms with Crippen molar-refractivity contribution in [1.29, 1.82) is 0 Å². The summed E-state index contributed by atoms with van der Waals surface area (Å²) < 4.78 is 60.2. The number of rotatable bonds is 8. The fraction of sp³-hybridized carbons (Fsp3) is 0.367. The van der Waals surface area contributed by atoms with Crippen LogP contribution in [0.3, 0.4) is 0 Å². The standard InChI is InChI=1S/C28H33N3O2S.C2HF3O2/c1-22-18-25(12-13-28(22)34(32,33)29-14-17-30-15-4-5-16-30)24-10-8-23(9-11-24)19-31-20-26-6-2-3-7-27(26)21-31;3-2(4,5)1(6)7/h2-3,6-13,18,29H,4-5,14-17,19-21H2,1H3;(H,6,7). The molecule has 0 unspecified atom stereocenters. The molecule has 41 heavy (non-hydrogen) atoms. The fourth-order valence-electron chi connectivity index (χ4n) is 5.13. The molecule has 0 radical (unpaired) electrons. The van der Waals surface area contributed by atoms with E-state index in [9.17, 15) is 21.6 Å². The molecule has 1 fully saturated rings. The van der Waals surface area contributed by atoms with Crippen molar-refractivity contribution >= 4 is 16.0 Å². The summed E-state index contributed by atoms with van der Waals surface area (Å²) in [5.41, 5.74) is 7.04. The summed E-state index contributed by atoms with van der Waals surface area (Å²) in [6, 6.07) is 22.9. The van der Waals surface area contributed by atoms with Gasteiger partial charge in [0.05, 0.1) is 4.90 Å². The van der Waals surface area contributed by atoms with Crippen LogP contribution in [0.5, 0.6) is 0 Å². The lowest BCUT2D eigenvalue weighted by atomic mass is 10.0. The summed E-state index contributed by atoms with van der Waals surface area (Å²) in [5.74, 6) is -2.76. The van der Waals surface area contributed by atoms with Crippen molar-refractivity contribution in [3.05, 3.63) is 89.0 Å². The van der Waals surface area contributed by atoms with Gasteiger partial charge in [0, 0.05) is 32.7 Å². The zero-order chi connectivity index (χ0) is 29.6. The highest BCUT2D eigenvalue weighted by atomic mass is 32.2. The van der Waals surface area contributed by atoms with Crippen molar-refractivity contribution in [2.24, 2.45) is 0 Å². The van der Waals surface area contributed by atoms with Gasteiger partial charge in [0.25, 0.3) is 0 Å². The summed E-state index contributed by atoms with van der Waals surface area (Å²) in [4.78, 5) is 14.0. The van der Waals surface area contributed by atoms with Gasteiger partial charge >= 0.3 is 12.1 Å². The molecule has 3 aromatic rings. The number of sulfonamides is 1. The van der Waals surface area contributed by atoms with Gasteiger partial charge in [-0.3, -0.25) is 4.90 Å². The van der Waals surface area contributed by atoms with E-state index in [1.807, 2.05) is 19.1 Å². The molecule has 2 aliphatic rings. The monoisotopic (exact) mass is 589 g/mol. The number of carboxylic acid groups (broad SMARTS) is 1. The topological polar surface area (TPSA) is 90.0 Å². The van der Waals surface area contributed by atoms with Crippen molar-refractivity contribution in [3.63, 3.8) is 0 Å². The van der Waals surface area contributed by atoms with Crippen LogP contribution >= 0.6 is 0 Å². The van der Waals surface area contributed by atoms with Crippen LogP contribution in [0.2, 0.25) is 0 Å². The summed E-state index contributed by atoms with van der Waals surface area (Å²) in [6.07, 6.45) is -2.67. The van der Waals surface area contributed by atoms with E-state index in [0.717, 1.165) is 56.0 Å². The Hall–Kier alpha value is -3.25. The van der Waals surface area contributed by atoms with Crippen molar-refractivity contribution in [3.8, 4) is 11.1 Å². The third-order valence-electron chi connectivity index (χ3n) is 7.23. The van der Waals surface area contributed by atoms with Crippen molar-refractivity contribution < 1.29 is 31.5 Å². The predicted octanol–water partition coefficient (Wildman–Crippen LogP) is 5.19. The lowest BCUT2D eigenvalue weighted by Gasteiger charge is -2.16. The van der Waals surface area contributed by atoms with Crippen LogP contribution < -0.4 is 4.72 Å². The van der Waals surface area contributed by atoms with Crippen LogP contribution in [-0.2, 0) is 34.5 Å². The molecule has 11 heteroatoms. The van der Waals surface area contributed by atoms with Crippen LogP contribution in [0.25, 0.3) is 11.1 Å². The number of alkyl halides is 3. The Kier molecular flexibility index (Phi) is 9.85. The quantitative estimate of drug-likeness (QED) is 0.376. The Bertz CT molecular complexity index is 1430. The van der Waals surface area contributed by atoms with Gasteiger partial charge in [0.2, 0.25) is 10.0 Å². The number of hydrogen-bond donors (Lipinski definition) is 2. The van der Waals surface area contributed by atoms with Gasteiger partial charge in [-0.15, -0.1) is 0 Å². The maximum Gasteiger partial charge on any atom is 0.490 e. The molecule has 0 atom stereocenters. The SMILES string of the molecule is Cc1cc(-c2ccc(CN3Cc4ccccc4C3)cc2)ccc1S(=O)(=O)NCCN1CCCC1.O=C(O)C(F)(F)F. The van der Waals surface area contributed by atoms with E-state index < -0.39 is 22.2 Å². The second-order valence-corrected chi connectivity index (χ2v) is 12.1. The van der Waals surface area contributed by atoms with Gasteiger partial charge in [-0.2, -0.15) is 13.2 Å². The van der Waals surface area contributed by atoms with E-state index in [0.29, 0.717) is 11.4 Å². The van der Waals surface area contributed by atoms with Gasteiger partial charge in [0.1, 0.15) is 0 Å². The Morgan fingerprint density at radius 2 is 1.46 bits per heavy atom. The molecular weight excluding hydrogens is 555 g/mol. The molecule has 7 nitrogen and oxygen atoms in total. The smallest absolute Gasteiger partial charge is 0.475 e. The Morgan fingerprint density at radius 1 is 0.902 bits per heavy atom. The molecule has 2 N–H and O–H groups in total. The summed E-state index contributed by atoms with van der Waals surface area (Å²) >= 11 is 0. The van der Waals surface area contributed by atoms with Crippen molar-refractivity contribution in [2.45, 2.75) is 50.5 Å². The summed E-state index contributed by atoms with van der Waals surface area (Å²) in [6.45, 7) is 8.16. The largest absolute Gasteiger partial charge is 0.490 e. The number of fused-ring (bicyclic) bond motifs is 1. The minimum atomic E-state index is -5.08. The van der Waals surface area contributed by atoms with E-state index >= 15 is 0 Å². The fourth-order valence-corrected chi connectivity index (χ4v) is 6.37. The number of halogens is 3. The van der Waals surface area contributed by atoms with Gasteiger partial charge in [-0.1, -0.05) is 60.7 Å². The molecule has 0 spiro atoms. The first-order chi connectivity index (χ1) is 19.4. The van der Waals surface area contributed by atoms with Crippen LogP contribution in [0, 0.1) is 6.92 Å². The Balaban J connectivity index is 0.000000493. The molecule has 0 saturated carbocycles. The number of hydrogen-bond acceptors (Lipinski definition) is 5. The summed E-state index contributed by atoms with van der Waals surface area (Å²) in [5, 5.41) is 7.12. The van der Waals surface area contributed by atoms with Gasteiger partial charge in [-0.05, 0) is 72.3 Å². The van der Waals surface area contributed by atoms with Crippen LogP contribution in [0.1, 0.15) is 35.1 Å². The van der Waals surface area contributed by atoms with Crippen molar-refractivity contribution in [2.75, 3.05) is 26.2 Å². The summed E-state index contributed by atoms with van der Waals surface area (Å²) in [7, 11) is -3.51. The van der Waals surface area contributed by atoms with E-state index in [2.05, 4.69) is 63.1 Å². The third kappa shape index (κ3) is 8.38. The minimum absolute atomic E-state index is 0.364. The molecule has 0 aromatic heterocycles. The number of aliphatic carboxylic acids is 1. The maximum absolute atomic E-state index is 12.8. The van der Waals surface area contributed by atoms with E-state index in [-0.39, 0.29) is 0 Å². The highest BCUT2D eigenvalue weighted by Gasteiger charge is 2.38. The highest BCUT2D eigenvalue weighted by Crippen LogP contribution is 2.27. The van der Waals surface area contributed by atoms with E-state index in [1.54, 1.807) is 6.07 Å². The first kappa shape index (κ1) is 30.7. The Labute approximate surface area is 238 Å². The highest BCUT2D eigenvalue weighted by molar-refractivity contribution is 7.89. The first-order valence-electron chi connectivity index (χ1n) is 13.4. The zero-order valence-electron chi connectivity index (χ0n) is 22.8. The molecule has 5 rings (SSSR count). The first-order valence-corrected chi connectivity index (χ1v) is 14.9. The molecule has 0 bridgehead atoms. The third-order valence-corrected chi connectivity index (χ3v) is 8.85.